The molecule has 1 rings (SSSR count). The van der Waals surface area contributed by atoms with Crippen molar-refractivity contribution in [2.75, 3.05) is 12.2 Å². The molecule has 0 nitrogen and oxygen atoms in total. The smallest absolute Gasteiger partial charge is 0.195 e. The molecular formula is C3H6BCl2P. The van der Waals surface area contributed by atoms with Crippen LogP contribution in [0.15, 0.2) is 0 Å². The first kappa shape index (κ1) is 6.20. The summed E-state index contributed by atoms with van der Waals surface area (Å²) in [7, 11) is -0.164. The molecule has 0 aromatic carbocycles. The summed E-state index contributed by atoms with van der Waals surface area (Å²) in [4.78, 5) is 0. The molecule has 1 heterocycles. The van der Waals surface area contributed by atoms with Crippen LogP contribution < -0.4 is 0 Å². The molecule has 1 unspecified atom stereocenters. The molecule has 1 aliphatic rings. The molecule has 0 saturated carbocycles. The lowest BCUT2D eigenvalue weighted by atomic mass is 9.77. The summed E-state index contributed by atoms with van der Waals surface area (Å²) in [6, 6.07) is 1.07. The van der Waals surface area contributed by atoms with Crippen molar-refractivity contribution in [3.8, 4) is 0 Å². The van der Waals surface area contributed by atoms with Crippen molar-refractivity contribution < 1.29 is 0 Å². The van der Waals surface area contributed by atoms with Crippen LogP contribution in [0, 0.1) is 0 Å². The molecule has 0 radical (unpaired) electrons. The predicted molar refractivity (Wildman–Crippen MR) is 38.9 cm³/mol. The molecule has 0 bridgehead atoms. The molecule has 1 aliphatic heterocycles. The van der Waals surface area contributed by atoms with Gasteiger partial charge in [0, 0.05) is 0 Å². The minimum absolute atomic E-state index is 0.164. The SMILES string of the molecule is ClB1CCP(Cl)C1. The van der Waals surface area contributed by atoms with Gasteiger partial charge in [0.05, 0.1) is 0 Å². The van der Waals surface area contributed by atoms with E-state index in [1.54, 1.807) is 0 Å². The fourth-order valence-electron chi connectivity index (χ4n) is 0.678. The normalized spacial score (nSPS) is 31.7. The zero-order valence-electron chi connectivity index (χ0n) is 3.90. The number of halogens is 2. The van der Waals surface area contributed by atoms with Gasteiger partial charge in [0.2, 0.25) is 0 Å². The topological polar surface area (TPSA) is 0 Å². The van der Waals surface area contributed by atoms with Crippen molar-refractivity contribution in [3.63, 3.8) is 0 Å². The van der Waals surface area contributed by atoms with Crippen LogP contribution in [0.1, 0.15) is 0 Å². The zero-order valence-corrected chi connectivity index (χ0v) is 6.31. The van der Waals surface area contributed by atoms with Gasteiger partial charge >= 0.3 is 0 Å². The van der Waals surface area contributed by atoms with Gasteiger partial charge in [0.25, 0.3) is 6.13 Å². The Balaban J connectivity index is 2.26. The quantitative estimate of drug-likeness (QED) is 0.372. The summed E-state index contributed by atoms with van der Waals surface area (Å²) in [5.41, 5.74) is 0. The number of hydrogen-bond acceptors (Lipinski definition) is 0. The van der Waals surface area contributed by atoms with Crippen molar-refractivity contribution >= 4 is 36.1 Å². The summed E-state index contributed by atoms with van der Waals surface area (Å²) in [6.07, 6.45) is 2.70. The molecule has 1 saturated heterocycles. The molecule has 4 heteroatoms. The van der Waals surface area contributed by atoms with Gasteiger partial charge in [0.1, 0.15) is 0 Å². The van der Waals surface area contributed by atoms with Gasteiger partial charge < -0.3 is 0 Å². The van der Waals surface area contributed by atoms with E-state index in [9.17, 15) is 0 Å². The number of hydrogen-bond donors (Lipinski definition) is 0. The minimum atomic E-state index is -0.164. The Kier molecular flexibility index (Phi) is 2.28. The van der Waals surface area contributed by atoms with Crippen LogP contribution in [0.4, 0.5) is 0 Å². The van der Waals surface area contributed by atoms with E-state index in [0.29, 0.717) is 6.13 Å². The lowest BCUT2D eigenvalue weighted by Crippen LogP contribution is -1.98. The Morgan fingerprint density at radius 2 is 2.29 bits per heavy atom. The second-order valence-corrected chi connectivity index (χ2v) is 5.54. The van der Waals surface area contributed by atoms with E-state index >= 15 is 0 Å². The minimum Gasteiger partial charge on any atom is -0.195 e. The first-order valence-electron chi connectivity index (χ1n) is 2.34. The van der Waals surface area contributed by atoms with Gasteiger partial charge in [-0.15, -0.1) is 0 Å². The Bertz CT molecular complexity index is 62.0. The molecule has 40 valence electrons. The molecular weight excluding hydrogens is 149 g/mol. The molecule has 0 aromatic heterocycles. The van der Waals surface area contributed by atoms with Gasteiger partial charge in [-0.1, -0.05) is 17.6 Å². The van der Waals surface area contributed by atoms with Gasteiger partial charge in [-0.25, -0.2) is 0 Å². The lowest BCUT2D eigenvalue weighted by Gasteiger charge is -1.90. The highest BCUT2D eigenvalue weighted by Gasteiger charge is 2.23. The Morgan fingerprint density at radius 1 is 1.57 bits per heavy atom. The standard InChI is InChI=1S/C3H6BCl2P/c5-4-1-2-7(6)3-4/h1-3H2. The van der Waals surface area contributed by atoms with Gasteiger partial charge in [-0.2, -0.15) is 11.5 Å². The molecule has 1 atom stereocenters. The monoisotopic (exact) mass is 154 g/mol. The Labute approximate surface area is 55.1 Å². The largest absolute Gasteiger partial charge is 0.256 e. The average molecular weight is 155 g/mol. The predicted octanol–water partition coefficient (Wildman–Crippen LogP) is 2.41. The Morgan fingerprint density at radius 3 is 2.43 bits per heavy atom. The van der Waals surface area contributed by atoms with Gasteiger partial charge in [-0.05, 0) is 19.5 Å². The van der Waals surface area contributed by atoms with Crippen LogP contribution in [-0.4, -0.2) is 18.4 Å². The van der Waals surface area contributed by atoms with Crippen LogP contribution in [0.25, 0.3) is 0 Å². The average Bonchev–Trinajstić information content (AvgIpc) is 1.87. The van der Waals surface area contributed by atoms with E-state index in [-0.39, 0.29) is 7.27 Å². The maximum atomic E-state index is 5.79. The second-order valence-electron chi connectivity index (χ2n) is 1.75. The third-order valence-corrected chi connectivity index (χ3v) is 4.17. The van der Waals surface area contributed by atoms with Crippen LogP contribution in [0.5, 0.6) is 0 Å². The molecule has 0 spiro atoms. The Hall–Kier alpha value is 1.07. The molecule has 0 aromatic rings. The summed E-state index contributed by atoms with van der Waals surface area (Å²) >= 11 is 11.5. The molecule has 7 heavy (non-hydrogen) atoms. The van der Waals surface area contributed by atoms with Crippen molar-refractivity contribution in [1.82, 2.24) is 0 Å². The highest BCUT2D eigenvalue weighted by Crippen LogP contribution is 2.48. The van der Waals surface area contributed by atoms with Crippen molar-refractivity contribution in [2.24, 2.45) is 0 Å². The highest BCUT2D eigenvalue weighted by molar-refractivity contribution is 7.86. The van der Waals surface area contributed by atoms with Crippen molar-refractivity contribution in [1.29, 1.82) is 0 Å². The van der Waals surface area contributed by atoms with Crippen molar-refractivity contribution in [2.45, 2.75) is 6.32 Å². The van der Waals surface area contributed by atoms with Crippen LogP contribution in [0.2, 0.25) is 6.32 Å². The fraction of sp³-hybridized carbons (Fsp3) is 1.00. The van der Waals surface area contributed by atoms with E-state index < -0.39 is 0 Å². The van der Waals surface area contributed by atoms with E-state index in [1.165, 1.54) is 6.16 Å². The van der Waals surface area contributed by atoms with E-state index in [0.717, 1.165) is 12.4 Å². The maximum absolute atomic E-state index is 5.79. The molecule has 0 aliphatic carbocycles. The zero-order chi connectivity index (χ0) is 5.28. The highest BCUT2D eigenvalue weighted by atomic mass is 35.7. The fourth-order valence-corrected chi connectivity index (χ4v) is 3.83. The number of rotatable bonds is 0. The van der Waals surface area contributed by atoms with Crippen LogP contribution >= 0.6 is 30.0 Å². The summed E-state index contributed by atoms with van der Waals surface area (Å²) < 4.78 is 0. The lowest BCUT2D eigenvalue weighted by molar-refractivity contribution is 1.50. The molecule has 1 fully saturated rings. The van der Waals surface area contributed by atoms with Crippen LogP contribution in [-0.2, 0) is 0 Å². The second kappa shape index (κ2) is 2.57. The summed E-state index contributed by atoms with van der Waals surface area (Å²) in [6.45, 7) is 0. The van der Waals surface area contributed by atoms with E-state index in [2.05, 4.69) is 0 Å². The third-order valence-electron chi connectivity index (χ3n) is 1.08. The summed E-state index contributed by atoms with van der Waals surface area (Å²) in [5.74, 6) is 0. The third kappa shape index (κ3) is 1.80. The van der Waals surface area contributed by atoms with E-state index in [4.69, 9.17) is 22.7 Å². The maximum Gasteiger partial charge on any atom is 0.256 e. The van der Waals surface area contributed by atoms with Crippen LogP contribution in [0.3, 0.4) is 0 Å². The van der Waals surface area contributed by atoms with Gasteiger partial charge in [-0.3, -0.25) is 0 Å². The van der Waals surface area contributed by atoms with Gasteiger partial charge in [0.15, 0.2) is 0 Å². The summed E-state index contributed by atoms with van der Waals surface area (Å²) in [5, 5.41) is 0. The van der Waals surface area contributed by atoms with Crippen molar-refractivity contribution in [3.05, 3.63) is 0 Å². The van der Waals surface area contributed by atoms with E-state index in [1.807, 2.05) is 0 Å². The molecule has 0 N–H and O–H groups in total. The molecule has 0 amide bonds. The first-order valence-corrected chi connectivity index (χ1v) is 5.39. The first-order chi connectivity index (χ1) is 3.29.